The predicted molar refractivity (Wildman–Crippen MR) is 89.3 cm³/mol. The van der Waals surface area contributed by atoms with E-state index in [-0.39, 0.29) is 0 Å². The summed E-state index contributed by atoms with van der Waals surface area (Å²) in [6.45, 7) is 0.680. The fourth-order valence-corrected chi connectivity index (χ4v) is 2.57. The summed E-state index contributed by atoms with van der Waals surface area (Å²) in [7, 11) is 0. The molecule has 1 heterocycles. The Bertz CT molecular complexity index is 661. The summed E-state index contributed by atoms with van der Waals surface area (Å²) in [5.74, 6) is 1.78. The van der Waals surface area contributed by atoms with Crippen LogP contribution in [-0.2, 0) is 0 Å². The first kappa shape index (κ1) is 14.5. The van der Waals surface area contributed by atoms with Gasteiger partial charge in [-0.3, -0.25) is 0 Å². The molecule has 0 spiro atoms. The minimum atomic E-state index is 0.472. The smallest absolute Gasteiger partial charge is 0.239 e. The van der Waals surface area contributed by atoms with Gasteiger partial charge in [0.15, 0.2) is 0 Å². The number of rotatable bonds is 5. The van der Waals surface area contributed by atoms with Gasteiger partial charge in [-0.25, -0.2) is 0 Å². The van der Waals surface area contributed by atoms with Crippen LogP contribution in [0.25, 0.3) is 0 Å². The third-order valence-corrected chi connectivity index (χ3v) is 4.04. The SMILES string of the molecule is Nc1ccc(Nc2ccc(Br)cc2Cl)nc1OCC1CC1. The number of nitrogens with two attached hydrogens (primary N) is 1. The molecule has 1 fully saturated rings. The second kappa shape index (κ2) is 6.12. The van der Waals surface area contributed by atoms with Crippen molar-refractivity contribution in [2.75, 3.05) is 17.7 Å². The summed E-state index contributed by atoms with van der Waals surface area (Å²) < 4.78 is 6.60. The lowest BCUT2D eigenvalue weighted by Gasteiger charge is -2.11. The third kappa shape index (κ3) is 3.80. The number of nitrogen functional groups attached to an aromatic ring is 1. The van der Waals surface area contributed by atoms with E-state index in [1.807, 2.05) is 18.2 Å². The second-order valence-corrected chi connectivity index (χ2v) is 6.42. The van der Waals surface area contributed by atoms with E-state index in [0.717, 1.165) is 10.2 Å². The van der Waals surface area contributed by atoms with Crippen molar-refractivity contribution in [3.8, 4) is 5.88 Å². The highest BCUT2D eigenvalue weighted by Gasteiger charge is 2.22. The first-order valence-electron chi connectivity index (χ1n) is 6.73. The molecule has 0 bridgehead atoms. The predicted octanol–water partition coefficient (Wildman–Crippen LogP) is 4.61. The van der Waals surface area contributed by atoms with Crippen molar-refractivity contribution in [3.05, 3.63) is 39.8 Å². The molecular weight excluding hydrogens is 354 g/mol. The molecule has 4 nitrogen and oxygen atoms in total. The zero-order chi connectivity index (χ0) is 14.8. The van der Waals surface area contributed by atoms with E-state index in [2.05, 4.69) is 26.2 Å². The number of nitrogens with one attached hydrogen (secondary N) is 1. The Morgan fingerprint density at radius 1 is 1.33 bits per heavy atom. The maximum atomic E-state index is 6.19. The van der Waals surface area contributed by atoms with Crippen molar-refractivity contribution in [1.29, 1.82) is 0 Å². The van der Waals surface area contributed by atoms with Gasteiger partial charge in [-0.05, 0) is 49.1 Å². The number of pyridine rings is 1. The summed E-state index contributed by atoms with van der Waals surface area (Å²) in [4.78, 5) is 4.40. The number of anilines is 3. The Morgan fingerprint density at radius 3 is 2.86 bits per heavy atom. The van der Waals surface area contributed by atoms with E-state index < -0.39 is 0 Å². The van der Waals surface area contributed by atoms with Crippen molar-refractivity contribution in [2.45, 2.75) is 12.8 Å². The molecule has 0 radical (unpaired) electrons. The molecule has 1 aromatic heterocycles. The Kier molecular flexibility index (Phi) is 4.22. The van der Waals surface area contributed by atoms with E-state index in [1.165, 1.54) is 12.8 Å². The number of nitrogens with zero attached hydrogens (tertiary/aromatic N) is 1. The Labute approximate surface area is 136 Å². The number of hydrogen-bond donors (Lipinski definition) is 2. The zero-order valence-corrected chi connectivity index (χ0v) is 13.6. The molecule has 0 atom stereocenters. The standard InChI is InChI=1S/C15H15BrClN3O/c16-10-3-5-13(11(17)7-10)19-14-6-4-12(18)15(20-14)21-8-9-1-2-9/h3-7,9H,1-2,8,18H2,(H,19,20). The molecule has 1 aromatic carbocycles. The van der Waals surface area contributed by atoms with E-state index in [0.29, 0.717) is 34.9 Å². The molecule has 1 aliphatic rings. The van der Waals surface area contributed by atoms with Gasteiger partial charge >= 0.3 is 0 Å². The lowest BCUT2D eigenvalue weighted by Crippen LogP contribution is -2.05. The highest BCUT2D eigenvalue weighted by atomic mass is 79.9. The van der Waals surface area contributed by atoms with Crippen LogP contribution in [0.3, 0.4) is 0 Å². The number of ether oxygens (including phenoxy) is 1. The highest BCUT2D eigenvalue weighted by molar-refractivity contribution is 9.10. The number of hydrogen-bond acceptors (Lipinski definition) is 4. The van der Waals surface area contributed by atoms with Crippen molar-refractivity contribution < 1.29 is 4.74 Å². The topological polar surface area (TPSA) is 60.2 Å². The molecule has 0 saturated heterocycles. The maximum absolute atomic E-state index is 6.19. The Morgan fingerprint density at radius 2 is 2.14 bits per heavy atom. The first-order valence-corrected chi connectivity index (χ1v) is 7.90. The second-order valence-electron chi connectivity index (χ2n) is 5.09. The van der Waals surface area contributed by atoms with Gasteiger partial charge in [-0.2, -0.15) is 4.98 Å². The number of benzene rings is 1. The van der Waals surface area contributed by atoms with Gasteiger partial charge in [0.1, 0.15) is 5.82 Å². The fraction of sp³-hybridized carbons (Fsp3) is 0.267. The van der Waals surface area contributed by atoms with Crippen LogP contribution < -0.4 is 15.8 Å². The van der Waals surface area contributed by atoms with Crippen LogP contribution in [0.2, 0.25) is 5.02 Å². The molecule has 1 saturated carbocycles. The van der Waals surface area contributed by atoms with Crippen LogP contribution in [0.1, 0.15) is 12.8 Å². The van der Waals surface area contributed by atoms with Crippen LogP contribution in [0.4, 0.5) is 17.2 Å². The van der Waals surface area contributed by atoms with E-state index in [4.69, 9.17) is 22.1 Å². The lowest BCUT2D eigenvalue weighted by molar-refractivity contribution is 0.290. The van der Waals surface area contributed by atoms with Crippen LogP contribution >= 0.6 is 27.5 Å². The molecule has 0 amide bonds. The van der Waals surface area contributed by atoms with Crippen molar-refractivity contribution in [2.24, 2.45) is 5.92 Å². The first-order chi connectivity index (χ1) is 10.1. The van der Waals surface area contributed by atoms with Gasteiger partial charge < -0.3 is 15.8 Å². The summed E-state index contributed by atoms with van der Waals surface area (Å²) in [5.41, 5.74) is 7.22. The van der Waals surface area contributed by atoms with Gasteiger partial charge in [0, 0.05) is 4.47 Å². The molecule has 6 heteroatoms. The van der Waals surface area contributed by atoms with Gasteiger partial charge in [-0.15, -0.1) is 0 Å². The summed E-state index contributed by atoms with van der Waals surface area (Å²) in [5, 5.41) is 3.79. The number of aromatic nitrogens is 1. The molecule has 3 rings (SSSR count). The fourth-order valence-electron chi connectivity index (χ4n) is 1.85. The summed E-state index contributed by atoms with van der Waals surface area (Å²) >= 11 is 9.56. The van der Waals surface area contributed by atoms with Crippen LogP contribution in [0.15, 0.2) is 34.8 Å². The largest absolute Gasteiger partial charge is 0.476 e. The van der Waals surface area contributed by atoms with Gasteiger partial charge in [0.2, 0.25) is 5.88 Å². The lowest BCUT2D eigenvalue weighted by atomic mass is 10.3. The normalized spacial score (nSPS) is 14.0. The average Bonchev–Trinajstić information content (AvgIpc) is 3.26. The highest BCUT2D eigenvalue weighted by Crippen LogP contribution is 2.32. The minimum Gasteiger partial charge on any atom is -0.476 e. The van der Waals surface area contributed by atoms with Gasteiger partial charge in [0.05, 0.1) is 23.0 Å². The maximum Gasteiger partial charge on any atom is 0.239 e. The molecule has 0 aliphatic heterocycles. The monoisotopic (exact) mass is 367 g/mol. The van der Waals surface area contributed by atoms with Crippen LogP contribution in [0, 0.1) is 5.92 Å². The third-order valence-electron chi connectivity index (χ3n) is 3.24. The zero-order valence-electron chi connectivity index (χ0n) is 11.3. The minimum absolute atomic E-state index is 0.472. The van der Waals surface area contributed by atoms with Gasteiger partial charge in [-0.1, -0.05) is 27.5 Å². The molecule has 3 N–H and O–H groups in total. The van der Waals surface area contributed by atoms with Crippen molar-refractivity contribution in [1.82, 2.24) is 4.98 Å². The van der Waals surface area contributed by atoms with E-state index >= 15 is 0 Å². The van der Waals surface area contributed by atoms with Crippen molar-refractivity contribution in [3.63, 3.8) is 0 Å². The molecular formula is C15H15BrClN3O. The quantitative estimate of drug-likeness (QED) is 0.809. The van der Waals surface area contributed by atoms with Gasteiger partial charge in [0.25, 0.3) is 0 Å². The summed E-state index contributed by atoms with van der Waals surface area (Å²) in [6.07, 6.45) is 2.46. The summed E-state index contributed by atoms with van der Waals surface area (Å²) in [6, 6.07) is 9.21. The molecule has 1 aliphatic carbocycles. The molecule has 110 valence electrons. The van der Waals surface area contributed by atoms with Crippen LogP contribution in [-0.4, -0.2) is 11.6 Å². The van der Waals surface area contributed by atoms with Crippen molar-refractivity contribution >= 4 is 44.7 Å². The average molecular weight is 369 g/mol. The molecule has 21 heavy (non-hydrogen) atoms. The Hall–Kier alpha value is -1.46. The Balaban J connectivity index is 1.76. The van der Waals surface area contributed by atoms with Crippen LogP contribution in [0.5, 0.6) is 5.88 Å². The van der Waals surface area contributed by atoms with E-state index in [9.17, 15) is 0 Å². The van der Waals surface area contributed by atoms with E-state index in [1.54, 1.807) is 12.1 Å². The molecule has 2 aromatic rings. The number of halogens is 2. The molecule has 0 unspecified atom stereocenters.